The number of halogens is 1. The molecule has 1 saturated heterocycles. The number of fused-ring (bicyclic) bond motifs is 1. The molecule has 3 rings (SSSR count). The summed E-state index contributed by atoms with van der Waals surface area (Å²) in [4.78, 5) is 2.49. The van der Waals surface area contributed by atoms with Crippen LogP contribution in [0.25, 0.3) is 0 Å². The van der Waals surface area contributed by atoms with Crippen LogP contribution in [0.15, 0.2) is 22.7 Å². The highest BCUT2D eigenvalue weighted by molar-refractivity contribution is 9.10. The third-order valence-corrected chi connectivity index (χ3v) is 4.31. The lowest BCUT2D eigenvalue weighted by atomic mass is 9.97. The van der Waals surface area contributed by atoms with Gasteiger partial charge < -0.3 is 15.0 Å². The van der Waals surface area contributed by atoms with Crippen molar-refractivity contribution in [1.82, 2.24) is 5.32 Å². The van der Waals surface area contributed by atoms with Gasteiger partial charge in [0.05, 0.1) is 12.2 Å². The van der Waals surface area contributed by atoms with E-state index < -0.39 is 0 Å². The summed E-state index contributed by atoms with van der Waals surface area (Å²) in [6.07, 6.45) is 2.58. The summed E-state index contributed by atoms with van der Waals surface area (Å²) in [6, 6.07) is 6.29. The van der Waals surface area contributed by atoms with Gasteiger partial charge in [-0.05, 0) is 50.0 Å². The van der Waals surface area contributed by atoms with Gasteiger partial charge in [0, 0.05) is 11.0 Å². The average molecular weight is 311 g/mol. The van der Waals surface area contributed by atoms with Gasteiger partial charge in [0.15, 0.2) is 0 Å². The number of anilines is 1. The van der Waals surface area contributed by atoms with Crippen LogP contribution in [0.3, 0.4) is 0 Å². The van der Waals surface area contributed by atoms with Gasteiger partial charge in [0.1, 0.15) is 12.4 Å². The molecule has 98 valence electrons. The maximum atomic E-state index is 5.72. The number of hydrogen-bond donors (Lipinski definition) is 1. The van der Waals surface area contributed by atoms with Gasteiger partial charge in [0.25, 0.3) is 0 Å². The minimum absolute atomic E-state index is 0.805. The van der Waals surface area contributed by atoms with E-state index in [2.05, 4.69) is 38.3 Å². The molecule has 3 nitrogen and oxygen atoms in total. The van der Waals surface area contributed by atoms with Crippen molar-refractivity contribution < 1.29 is 4.74 Å². The second kappa shape index (κ2) is 5.49. The molecule has 1 aromatic rings. The Kier molecular flexibility index (Phi) is 3.75. The van der Waals surface area contributed by atoms with Gasteiger partial charge in [-0.15, -0.1) is 0 Å². The van der Waals surface area contributed by atoms with E-state index in [0.29, 0.717) is 0 Å². The lowest BCUT2D eigenvalue weighted by molar-refractivity contribution is 0.295. The first kappa shape index (κ1) is 12.3. The molecule has 1 fully saturated rings. The van der Waals surface area contributed by atoms with Gasteiger partial charge in [-0.3, -0.25) is 0 Å². The third kappa shape index (κ3) is 2.64. The van der Waals surface area contributed by atoms with Crippen LogP contribution in [-0.4, -0.2) is 32.8 Å². The fourth-order valence-electron chi connectivity index (χ4n) is 2.81. The molecule has 0 aromatic heterocycles. The van der Waals surface area contributed by atoms with Crippen molar-refractivity contribution >= 4 is 21.6 Å². The van der Waals surface area contributed by atoms with Crippen LogP contribution in [-0.2, 0) is 0 Å². The van der Waals surface area contributed by atoms with Crippen LogP contribution in [0.1, 0.15) is 12.8 Å². The zero-order chi connectivity index (χ0) is 12.4. The van der Waals surface area contributed by atoms with Crippen LogP contribution in [0.5, 0.6) is 5.75 Å². The molecule has 0 unspecified atom stereocenters. The normalized spacial score (nSPS) is 20.4. The highest BCUT2D eigenvalue weighted by Crippen LogP contribution is 2.35. The summed E-state index contributed by atoms with van der Waals surface area (Å²) in [5.74, 6) is 1.84. The lowest BCUT2D eigenvalue weighted by Gasteiger charge is -2.35. The molecule has 0 bridgehead atoms. The summed E-state index contributed by atoms with van der Waals surface area (Å²) in [5, 5.41) is 3.43. The molecular formula is C14H19BrN2O. The predicted molar refractivity (Wildman–Crippen MR) is 77.4 cm³/mol. The minimum Gasteiger partial charge on any atom is -0.490 e. The first-order valence-corrected chi connectivity index (χ1v) is 7.50. The van der Waals surface area contributed by atoms with Crippen molar-refractivity contribution in [2.45, 2.75) is 12.8 Å². The third-order valence-electron chi connectivity index (χ3n) is 3.82. The number of hydrogen-bond acceptors (Lipinski definition) is 3. The van der Waals surface area contributed by atoms with Crippen molar-refractivity contribution in [3.05, 3.63) is 22.7 Å². The Morgan fingerprint density at radius 3 is 3.00 bits per heavy atom. The van der Waals surface area contributed by atoms with Gasteiger partial charge in [-0.25, -0.2) is 0 Å². The number of nitrogens with one attached hydrogen (secondary N) is 1. The Bertz CT molecular complexity index is 418. The van der Waals surface area contributed by atoms with Crippen LogP contribution < -0.4 is 15.0 Å². The van der Waals surface area contributed by atoms with Crippen LogP contribution >= 0.6 is 15.9 Å². The van der Waals surface area contributed by atoms with Crippen molar-refractivity contribution in [2.24, 2.45) is 5.92 Å². The Balaban J connectivity index is 1.75. The Morgan fingerprint density at radius 2 is 2.17 bits per heavy atom. The van der Waals surface area contributed by atoms with Crippen molar-refractivity contribution in [1.29, 1.82) is 0 Å². The van der Waals surface area contributed by atoms with E-state index in [1.807, 2.05) is 6.07 Å². The van der Waals surface area contributed by atoms with Gasteiger partial charge in [-0.1, -0.05) is 15.9 Å². The fraction of sp³-hybridized carbons (Fsp3) is 0.571. The summed E-state index contributed by atoms with van der Waals surface area (Å²) in [7, 11) is 0. The van der Waals surface area contributed by atoms with Crippen molar-refractivity contribution in [3.63, 3.8) is 0 Å². The van der Waals surface area contributed by atoms with E-state index in [-0.39, 0.29) is 0 Å². The Hall–Kier alpha value is -0.740. The molecule has 0 aliphatic carbocycles. The monoisotopic (exact) mass is 310 g/mol. The second-order valence-electron chi connectivity index (χ2n) is 5.10. The van der Waals surface area contributed by atoms with Gasteiger partial charge >= 0.3 is 0 Å². The van der Waals surface area contributed by atoms with Crippen molar-refractivity contribution in [2.75, 3.05) is 37.7 Å². The summed E-state index contributed by atoms with van der Waals surface area (Å²) >= 11 is 3.55. The van der Waals surface area contributed by atoms with E-state index >= 15 is 0 Å². The van der Waals surface area contributed by atoms with Crippen LogP contribution in [0.4, 0.5) is 5.69 Å². The maximum absolute atomic E-state index is 5.72. The SMILES string of the molecule is Brc1ccc2c(c1)N(CC1CCNCC1)CCO2. The number of ether oxygens (including phenoxy) is 1. The molecule has 1 aromatic carbocycles. The summed E-state index contributed by atoms with van der Waals surface area (Å²) in [5.41, 5.74) is 1.24. The maximum Gasteiger partial charge on any atom is 0.142 e. The number of nitrogens with zero attached hydrogens (tertiary/aromatic N) is 1. The molecule has 0 radical (unpaired) electrons. The highest BCUT2D eigenvalue weighted by atomic mass is 79.9. The lowest BCUT2D eigenvalue weighted by Crippen LogP contribution is -2.40. The number of benzene rings is 1. The van der Waals surface area contributed by atoms with Crippen LogP contribution in [0, 0.1) is 5.92 Å². The summed E-state index contributed by atoms with van der Waals surface area (Å²) in [6.45, 7) is 5.31. The molecule has 2 heterocycles. The Morgan fingerprint density at radius 1 is 1.33 bits per heavy atom. The van der Waals surface area contributed by atoms with Gasteiger partial charge in [0.2, 0.25) is 0 Å². The minimum atomic E-state index is 0.805. The first-order valence-electron chi connectivity index (χ1n) is 6.71. The standard InChI is InChI=1S/C14H19BrN2O/c15-12-1-2-14-13(9-12)17(7-8-18-14)10-11-3-5-16-6-4-11/h1-2,9,11,16H,3-8,10H2. The number of piperidine rings is 1. The molecule has 0 saturated carbocycles. The number of rotatable bonds is 2. The average Bonchev–Trinajstić information content (AvgIpc) is 2.41. The van der Waals surface area contributed by atoms with Crippen LogP contribution in [0.2, 0.25) is 0 Å². The van der Waals surface area contributed by atoms with E-state index in [4.69, 9.17) is 4.74 Å². The molecule has 0 amide bonds. The summed E-state index contributed by atoms with van der Waals surface area (Å²) < 4.78 is 6.85. The zero-order valence-corrected chi connectivity index (χ0v) is 12.1. The van der Waals surface area contributed by atoms with Gasteiger partial charge in [-0.2, -0.15) is 0 Å². The first-order chi connectivity index (χ1) is 8.83. The molecule has 0 spiro atoms. The smallest absolute Gasteiger partial charge is 0.142 e. The highest BCUT2D eigenvalue weighted by Gasteiger charge is 2.22. The molecule has 4 heteroatoms. The van der Waals surface area contributed by atoms with E-state index in [1.165, 1.54) is 31.6 Å². The molecule has 0 atom stereocenters. The fourth-order valence-corrected chi connectivity index (χ4v) is 3.16. The topological polar surface area (TPSA) is 24.5 Å². The quantitative estimate of drug-likeness (QED) is 0.909. The molecule has 18 heavy (non-hydrogen) atoms. The van der Waals surface area contributed by atoms with Crippen molar-refractivity contribution in [3.8, 4) is 5.75 Å². The largest absolute Gasteiger partial charge is 0.490 e. The van der Waals surface area contributed by atoms with E-state index in [0.717, 1.165) is 35.8 Å². The molecular weight excluding hydrogens is 292 g/mol. The Labute approximate surface area is 117 Å². The molecule has 2 aliphatic heterocycles. The van der Waals surface area contributed by atoms with E-state index in [9.17, 15) is 0 Å². The molecule has 1 N–H and O–H groups in total. The zero-order valence-electron chi connectivity index (χ0n) is 10.5. The predicted octanol–water partition coefficient (Wildman–Crippen LogP) is 2.65. The molecule has 2 aliphatic rings. The van der Waals surface area contributed by atoms with E-state index in [1.54, 1.807) is 0 Å². The second-order valence-corrected chi connectivity index (χ2v) is 6.02.